The third kappa shape index (κ3) is 4.43. The molecule has 2 aliphatic rings. The molecule has 30 heavy (non-hydrogen) atoms. The monoisotopic (exact) mass is 461 g/mol. The number of benzene rings is 2. The van der Waals surface area contributed by atoms with Gasteiger partial charge in [0.15, 0.2) is 11.5 Å². The zero-order chi connectivity index (χ0) is 20.5. The zero-order valence-electron chi connectivity index (χ0n) is 16.3. The zero-order valence-corrected chi connectivity index (χ0v) is 18.6. The molecular formula is C22H21Cl2N3O2S. The van der Waals surface area contributed by atoms with Crippen molar-refractivity contribution in [1.82, 2.24) is 14.8 Å². The first-order valence-electron chi connectivity index (χ1n) is 9.87. The molecule has 3 heterocycles. The minimum absolute atomic E-state index is 0.291. The molecule has 1 aromatic heterocycles. The molecule has 0 spiro atoms. The standard InChI is InChI=1S/C22H21Cl2N3O2S/c23-18-3-1-15(9-19(18)24)11-26-5-7-27(8-6-26)12-17-13-30-22(25-17)16-2-4-20-21(10-16)29-14-28-20/h1-4,9-10,13H,5-8,11-12,14H2. The Hall–Kier alpha value is -1.83. The average Bonchev–Trinajstić information content (AvgIpc) is 3.41. The lowest BCUT2D eigenvalue weighted by Gasteiger charge is -2.34. The van der Waals surface area contributed by atoms with Gasteiger partial charge in [0.2, 0.25) is 6.79 Å². The summed E-state index contributed by atoms with van der Waals surface area (Å²) in [6.07, 6.45) is 0. The largest absolute Gasteiger partial charge is 0.454 e. The first kappa shape index (κ1) is 20.1. The van der Waals surface area contributed by atoms with E-state index in [0.717, 1.165) is 67.0 Å². The van der Waals surface area contributed by atoms with Crippen molar-refractivity contribution >= 4 is 34.5 Å². The Morgan fingerprint density at radius 3 is 2.43 bits per heavy atom. The van der Waals surface area contributed by atoms with Gasteiger partial charge in [-0.3, -0.25) is 9.80 Å². The highest BCUT2D eigenvalue weighted by atomic mass is 35.5. The molecular weight excluding hydrogens is 441 g/mol. The predicted molar refractivity (Wildman–Crippen MR) is 121 cm³/mol. The van der Waals surface area contributed by atoms with Crippen LogP contribution in [0.5, 0.6) is 11.5 Å². The number of aromatic nitrogens is 1. The number of hydrogen-bond donors (Lipinski definition) is 0. The quantitative estimate of drug-likeness (QED) is 0.524. The Balaban J connectivity index is 1.16. The van der Waals surface area contributed by atoms with E-state index in [4.69, 9.17) is 37.7 Å². The number of hydrogen-bond acceptors (Lipinski definition) is 6. The minimum atomic E-state index is 0.291. The van der Waals surface area contributed by atoms with E-state index in [1.165, 1.54) is 5.56 Å². The molecule has 0 amide bonds. The molecule has 0 N–H and O–H groups in total. The topological polar surface area (TPSA) is 37.8 Å². The minimum Gasteiger partial charge on any atom is -0.454 e. The van der Waals surface area contributed by atoms with Crippen LogP contribution in [0.2, 0.25) is 10.0 Å². The lowest BCUT2D eigenvalue weighted by Crippen LogP contribution is -2.45. The van der Waals surface area contributed by atoms with Crippen molar-refractivity contribution in [2.24, 2.45) is 0 Å². The van der Waals surface area contributed by atoms with Gasteiger partial charge in [-0.15, -0.1) is 11.3 Å². The molecule has 2 aliphatic heterocycles. The van der Waals surface area contributed by atoms with Gasteiger partial charge in [0.25, 0.3) is 0 Å². The third-order valence-electron chi connectivity index (χ3n) is 5.41. The molecule has 0 saturated carbocycles. The smallest absolute Gasteiger partial charge is 0.231 e. The van der Waals surface area contributed by atoms with Crippen LogP contribution in [0.3, 0.4) is 0 Å². The fourth-order valence-corrected chi connectivity index (χ4v) is 4.90. The summed E-state index contributed by atoms with van der Waals surface area (Å²) < 4.78 is 10.9. The molecule has 3 aromatic rings. The van der Waals surface area contributed by atoms with E-state index in [9.17, 15) is 0 Å². The summed E-state index contributed by atoms with van der Waals surface area (Å²) in [6, 6.07) is 11.9. The summed E-state index contributed by atoms with van der Waals surface area (Å²) in [5.74, 6) is 1.59. The maximum Gasteiger partial charge on any atom is 0.231 e. The van der Waals surface area contributed by atoms with Crippen molar-refractivity contribution in [3.8, 4) is 22.1 Å². The molecule has 0 unspecified atom stereocenters. The summed E-state index contributed by atoms with van der Waals surface area (Å²) in [5.41, 5.74) is 3.39. The molecule has 5 nitrogen and oxygen atoms in total. The van der Waals surface area contributed by atoms with E-state index in [2.05, 4.69) is 15.2 Å². The Bertz CT molecular complexity index is 1050. The number of thiazole rings is 1. The second-order valence-electron chi connectivity index (χ2n) is 7.51. The molecule has 1 fully saturated rings. The number of nitrogens with zero attached hydrogens (tertiary/aromatic N) is 3. The van der Waals surface area contributed by atoms with Crippen LogP contribution in [0.15, 0.2) is 41.8 Å². The van der Waals surface area contributed by atoms with Gasteiger partial charge in [-0.25, -0.2) is 4.98 Å². The molecule has 156 valence electrons. The predicted octanol–water partition coefficient (Wildman–Crippen LogP) is 5.16. The van der Waals surface area contributed by atoms with Crippen molar-refractivity contribution in [3.63, 3.8) is 0 Å². The second-order valence-corrected chi connectivity index (χ2v) is 9.19. The van der Waals surface area contributed by atoms with Gasteiger partial charge < -0.3 is 9.47 Å². The van der Waals surface area contributed by atoms with Gasteiger partial charge in [-0.2, -0.15) is 0 Å². The van der Waals surface area contributed by atoms with Crippen LogP contribution in [0.4, 0.5) is 0 Å². The van der Waals surface area contributed by atoms with Gasteiger partial charge in [-0.05, 0) is 35.9 Å². The molecule has 0 aliphatic carbocycles. The highest BCUT2D eigenvalue weighted by molar-refractivity contribution is 7.13. The number of rotatable bonds is 5. The first-order chi connectivity index (χ1) is 14.6. The van der Waals surface area contributed by atoms with Crippen LogP contribution >= 0.6 is 34.5 Å². The maximum absolute atomic E-state index is 6.14. The van der Waals surface area contributed by atoms with Gasteiger partial charge >= 0.3 is 0 Å². The van der Waals surface area contributed by atoms with E-state index < -0.39 is 0 Å². The fraction of sp³-hybridized carbons (Fsp3) is 0.318. The van der Waals surface area contributed by atoms with E-state index in [-0.39, 0.29) is 0 Å². The molecule has 1 saturated heterocycles. The van der Waals surface area contributed by atoms with E-state index in [1.54, 1.807) is 11.3 Å². The molecule has 0 bridgehead atoms. The van der Waals surface area contributed by atoms with E-state index in [1.807, 2.05) is 36.4 Å². The summed E-state index contributed by atoms with van der Waals surface area (Å²) in [5, 5.41) is 4.40. The molecule has 0 atom stereocenters. The number of fused-ring (bicyclic) bond motifs is 1. The van der Waals surface area contributed by atoms with Crippen molar-refractivity contribution in [1.29, 1.82) is 0 Å². The van der Waals surface area contributed by atoms with Crippen LogP contribution in [0, 0.1) is 0 Å². The molecule has 5 rings (SSSR count). The Labute approximate surface area is 189 Å². The van der Waals surface area contributed by atoms with Gasteiger partial charge in [-0.1, -0.05) is 29.3 Å². The lowest BCUT2D eigenvalue weighted by molar-refractivity contribution is 0.121. The summed E-state index contributed by atoms with van der Waals surface area (Å²) >= 11 is 13.8. The van der Waals surface area contributed by atoms with Crippen LogP contribution < -0.4 is 9.47 Å². The summed E-state index contributed by atoms with van der Waals surface area (Å²) in [7, 11) is 0. The van der Waals surface area contributed by atoms with Gasteiger partial charge in [0.1, 0.15) is 5.01 Å². The fourth-order valence-electron chi connectivity index (χ4n) is 3.77. The Morgan fingerprint density at radius 1 is 0.867 bits per heavy atom. The van der Waals surface area contributed by atoms with Crippen molar-refractivity contribution in [2.75, 3.05) is 33.0 Å². The highest BCUT2D eigenvalue weighted by Gasteiger charge is 2.19. The first-order valence-corrected chi connectivity index (χ1v) is 11.5. The van der Waals surface area contributed by atoms with E-state index in [0.29, 0.717) is 16.8 Å². The van der Waals surface area contributed by atoms with Gasteiger partial charge in [0, 0.05) is 50.2 Å². The number of halogens is 2. The molecule has 0 radical (unpaired) electrons. The Morgan fingerprint density at radius 2 is 1.63 bits per heavy atom. The maximum atomic E-state index is 6.14. The molecule has 2 aromatic carbocycles. The SMILES string of the molecule is Clc1ccc(CN2CCN(Cc3csc(-c4ccc5c(c4)OCO5)n3)CC2)cc1Cl. The van der Waals surface area contributed by atoms with Crippen molar-refractivity contribution in [3.05, 3.63) is 63.1 Å². The average molecular weight is 462 g/mol. The Kier molecular flexibility index (Phi) is 5.85. The third-order valence-corrected chi connectivity index (χ3v) is 7.09. The van der Waals surface area contributed by atoms with Gasteiger partial charge in [0.05, 0.1) is 15.7 Å². The second kappa shape index (κ2) is 8.73. The number of ether oxygens (including phenoxy) is 2. The number of piperazine rings is 1. The molecule has 8 heteroatoms. The van der Waals surface area contributed by atoms with Crippen molar-refractivity contribution < 1.29 is 9.47 Å². The van der Waals surface area contributed by atoms with Crippen molar-refractivity contribution in [2.45, 2.75) is 13.1 Å². The highest BCUT2D eigenvalue weighted by Crippen LogP contribution is 2.36. The summed E-state index contributed by atoms with van der Waals surface area (Å²) in [4.78, 5) is 9.76. The summed E-state index contributed by atoms with van der Waals surface area (Å²) in [6.45, 7) is 6.17. The van der Waals surface area contributed by atoms with Crippen LogP contribution in [0.25, 0.3) is 10.6 Å². The van der Waals surface area contributed by atoms with Crippen LogP contribution in [-0.4, -0.2) is 47.8 Å². The lowest BCUT2D eigenvalue weighted by atomic mass is 10.2. The normalized spacial score (nSPS) is 16.9. The van der Waals surface area contributed by atoms with Crippen LogP contribution in [-0.2, 0) is 13.1 Å². The van der Waals surface area contributed by atoms with E-state index >= 15 is 0 Å². The van der Waals surface area contributed by atoms with Crippen LogP contribution in [0.1, 0.15) is 11.3 Å².